The van der Waals surface area contributed by atoms with Gasteiger partial charge >= 0.3 is 0 Å². The van der Waals surface area contributed by atoms with Crippen LogP contribution in [0.2, 0.25) is 0 Å². The largest absolute Gasteiger partial charge is 0.274 e. The van der Waals surface area contributed by atoms with Crippen LogP contribution in [0.5, 0.6) is 0 Å². The molecule has 16 heavy (non-hydrogen) atoms. The number of benzene rings is 1. The van der Waals surface area contributed by atoms with Crippen molar-refractivity contribution in [3.8, 4) is 0 Å². The van der Waals surface area contributed by atoms with E-state index in [1.807, 2.05) is 25.5 Å². The van der Waals surface area contributed by atoms with E-state index in [0.717, 1.165) is 12.5 Å². The molecule has 0 saturated heterocycles. The van der Waals surface area contributed by atoms with Crippen LogP contribution in [0, 0.1) is 6.92 Å². The average molecular weight is 243 g/mol. The fourth-order valence-electron chi connectivity index (χ4n) is 0.966. The van der Waals surface area contributed by atoms with E-state index < -0.39 is 15.9 Å². The third-order valence-electron chi connectivity index (χ3n) is 1.61. The summed E-state index contributed by atoms with van der Waals surface area (Å²) in [5.74, 6) is -0.592. The van der Waals surface area contributed by atoms with Crippen molar-refractivity contribution in [1.82, 2.24) is 4.72 Å². The molecular formula is C11H17NO3S. The molecule has 1 amide bonds. The first-order valence-corrected chi connectivity index (χ1v) is 6.50. The molecule has 0 saturated carbocycles. The molecule has 0 aromatic heterocycles. The second kappa shape index (κ2) is 6.27. The Balaban J connectivity index is 0.00000106. The van der Waals surface area contributed by atoms with E-state index in [0.29, 0.717) is 0 Å². The highest BCUT2D eigenvalue weighted by atomic mass is 32.2. The quantitative estimate of drug-likeness (QED) is 0.862. The van der Waals surface area contributed by atoms with Crippen LogP contribution in [0.25, 0.3) is 0 Å². The van der Waals surface area contributed by atoms with Crippen LogP contribution in [0.15, 0.2) is 29.2 Å². The van der Waals surface area contributed by atoms with Gasteiger partial charge in [-0.1, -0.05) is 31.5 Å². The smallest absolute Gasteiger partial charge is 0.264 e. The van der Waals surface area contributed by atoms with E-state index in [1.54, 1.807) is 12.1 Å². The van der Waals surface area contributed by atoms with Gasteiger partial charge in [0.1, 0.15) is 0 Å². The lowest BCUT2D eigenvalue weighted by Crippen LogP contribution is -2.28. The van der Waals surface area contributed by atoms with Gasteiger partial charge < -0.3 is 0 Å². The van der Waals surface area contributed by atoms with Crippen molar-refractivity contribution in [3.63, 3.8) is 0 Å². The number of hydrogen-bond donors (Lipinski definition) is 1. The van der Waals surface area contributed by atoms with E-state index in [1.165, 1.54) is 12.1 Å². The number of aryl methyl sites for hydroxylation is 1. The molecule has 0 atom stereocenters. The minimum Gasteiger partial charge on any atom is -0.274 e. The zero-order valence-corrected chi connectivity index (χ0v) is 10.8. The summed E-state index contributed by atoms with van der Waals surface area (Å²) in [5.41, 5.74) is 0.965. The maximum absolute atomic E-state index is 11.4. The van der Waals surface area contributed by atoms with Crippen molar-refractivity contribution in [2.45, 2.75) is 32.6 Å². The van der Waals surface area contributed by atoms with Crippen LogP contribution in [0.3, 0.4) is 0 Å². The number of nitrogens with one attached hydrogen (secondary N) is 1. The van der Waals surface area contributed by atoms with Gasteiger partial charge in [0.2, 0.25) is 5.91 Å². The third-order valence-corrected chi connectivity index (χ3v) is 3.06. The first-order chi connectivity index (χ1) is 7.42. The Morgan fingerprint density at radius 3 is 1.94 bits per heavy atom. The van der Waals surface area contributed by atoms with E-state index in [2.05, 4.69) is 0 Å². The SMILES string of the molecule is CC.CC(=O)NS(=O)(=O)c1ccc(C)cc1. The predicted molar refractivity (Wildman–Crippen MR) is 63.5 cm³/mol. The zero-order chi connectivity index (χ0) is 12.8. The average Bonchev–Trinajstić information content (AvgIpc) is 2.19. The molecule has 1 aromatic carbocycles. The maximum Gasteiger partial charge on any atom is 0.264 e. The molecule has 0 aliphatic rings. The van der Waals surface area contributed by atoms with Gasteiger partial charge in [0.05, 0.1) is 4.90 Å². The van der Waals surface area contributed by atoms with Gasteiger partial charge in [0, 0.05) is 6.92 Å². The van der Waals surface area contributed by atoms with E-state index in [4.69, 9.17) is 0 Å². The first-order valence-electron chi connectivity index (χ1n) is 5.02. The third kappa shape index (κ3) is 4.44. The molecular weight excluding hydrogens is 226 g/mol. The molecule has 0 spiro atoms. The van der Waals surface area contributed by atoms with E-state index in [9.17, 15) is 13.2 Å². The van der Waals surface area contributed by atoms with Gasteiger partial charge in [-0.15, -0.1) is 0 Å². The minimum atomic E-state index is -3.68. The summed E-state index contributed by atoms with van der Waals surface area (Å²) in [5, 5.41) is 0. The van der Waals surface area contributed by atoms with Gasteiger partial charge in [-0.25, -0.2) is 13.1 Å². The zero-order valence-electron chi connectivity index (χ0n) is 9.94. The molecule has 0 fully saturated rings. The molecule has 5 heteroatoms. The fraction of sp³-hybridized carbons (Fsp3) is 0.364. The van der Waals surface area contributed by atoms with Gasteiger partial charge in [-0.05, 0) is 19.1 Å². The highest BCUT2D eigenvalue weighted by Gasteiger charge is 2.14. The van der Waals surface area contributed by atoms with Crippen molar-refractivity contribution in [1.29, 1.82) is 0 Å². The molecule has 1 rings (SSSR count). The van der Waals surface area contributed by atoms with E-state index in [-0.39, 0.29) is 4.90 Å². The summed E-state index contributed by atoms with van der Waals surface area (Å²) in [6, 6.07) is 6.27. The van der Waals surface area contributed by atoms with Gasteiger partial charge in [0.15, 0.2) is 0 Å². The minimum absolute atomic E-state index is 0.0956. The van der Waals surface area contributed by atoms with Crippen molar-refractivity contribution in [3.05, 3.63) is 29.8 Å². The highest BCUT2D eigenvalue weighted by molar-refractivity contribution is 7.90. The number of sulfonamides is 1. The van der Waals surface area contributed by atoms with Crippen LogP contribution < -0.4 is 4.72 Å². The Kier molecular flexibility index (Phi) is 5.74. The Hall–Kier alpha value is -1.36. The van der Waals surface area contributed by atoms with Gasteiger partial charge in [-0.2, -0.15) is 0 Å². The lowest BCUT2D eigenvalue weighted by Gasteiger charge is -2.04. The van der Waals surface area contributed by atoms with Crippen molar-refractivity contribution >= 4 is 15.9 Å². The predicted octanol–water partition coefficient (Wildman–Crippen LogP) is 1.85. The Morgan fingerprint density at radius 2 is 1.56 bits per heavy atom. The van der Waals surface area contributed by atoms with Crippen LogP contribution >= 0.6 is 0 Å². The lowest BCUT2D eigenvalue weighted by atomic mass is 10.2. The van der Waals surface area contributed by atoms with Crippen molar-refractivity contribution < 1.29 is 13.2 Å². The normalized spacial score (nSPS) is 10.0. The summed E-state index contributed by atoms with van der Waals surface area (Å²) in [7, 11) is -3.68. The summed E-state index contributed by atoms with van der Waals surface area (Å²) in [4.78, 5) is 10.7. The molecule has 0 radical (unpaired) electrons. The summed E-state index contributed by atoms with van der Waals surface area (Å²) in [6.07, 6.45) is 0. The molecule has 0 aliphatic carbocycles. The van der Waals surface area contributed by atoms with Crippen LogP contribution in [0.4, 0.5) is 0 Å². The molecule has 0 heterocycles. The summed E-state index contributed by atoms with van der Waals surface area (Å²) >= 11 is 0. The molecule has 90 valence electrons. The van der Waals surface area contributed by atoms with Crippen LogP contribution in [0.1, 0.15) is 26.3 Å². The molecule has 1 N–H and O–H groups in total. The van der Waals surface area contributed by atoms with Gasteiger partial charge in [-0.3, -0.25) is 4.79 Å². The Morgan fingerprint density at radius 1 is 1.12 bits per heavy atom. The Bertz CT molecular complexity index is 435. The molecule has 0 unspecified atom stereocenters. The second-order valence-corrected chi connectivity index (χ2v) is 4.66. The molecule has 0 aliphatic heterocycles. The topological polar surface area (TPSA) is 63.2 Å². The van der Waals surface area contributed by atoms with Crippen molar-refractivity contribution in [2.75, 3.05) is 0 Å². The molecule has 1 aromatic rings. The van der Waals surface area contributed by atoms with Crippen molar-refractivity contribution in [2.24, 2.45) is 0 Å². The Labute approximate surface area is 96.7 Å². The second-order valence-electron chi connectivity index (χ2n) is 2.97. The number of hydrogen-bond acceptors (Lipinski definition) is 3. The molecule has 0 bridgehead atoms. The number of carbonyl (C=O) groups is 1. The van der Waals surface area contributed by atoms with Gasteiger partial charge in [0.25, 0.3) is 10.0 Å². The number of carbonyl (C=O) groups excluding carboxylic acids is 1. The van der Waals surface area contributed by atoms with E-state index >= 15 is 0 Å². The molecule has 4 nitrogen and oxygen atoms in total. The first kappa shape index (κ1) is 14.6. The summed E-state index contributed by atoms with van der Waals surface area (Å²) in [6.45, 7) is 7.01. The highest BCUT2D eigenvalue weighted by Crippen LogP contribution is 2.09. The summed E-state index contributed by atoms with van der Waals surface area (Å²) < 4.78 is 24.7. The van der Waals surface area contributed by atoms with Crippen LogP contribution in [-0.2, 0) is 14.8 Å². The van der Waals surface area contributed by atoms with Crippen LogP contribution in [-0.4, -0.2) is 14.3 Å². The maximum atomic E-state index is 11.4. The monoisotopic (exact) mass is 243 g/mol. The number of amides is 1. The standard InChI is InChI=1S/C9H11NO3S.C2H6/c1-7-3-5-9(6-4-7)14(12,13)10-8(2)11;1-2/h3-6H,1-2H3,(H,10,11);1-2H3. The lowest BCUT2D eigenvalue weighted by molar-refractivity contribution is -0.117. The number of rotatable bonds is 2. The fourth-order valence-corrected chi connectivity index (χ4v) is 1.96.